The van der Waals surface area contributed by atoms with Crippen LogP contribution in [0.25, 0.3) is 0 Å². The topological polar surface area (TPSA) is 89.0 Å². The minimum Gasteiger partial charge on any atom is -0.493 e. The molecule has 0 unspecified atom stereocenters. The smallest absolute Gasteiger partial charge is 0.273 e. The van der Waals surface area contributed by atoms with Crippen LogP contribution < -0.4 is 20.2 Å². The third-order valence-electron chi connectivity index (χ3n) is 5.03. The maximum absolute atomic E-state index is 12.8. The molecule has 2 N–H and O–H groups in total. The Hall–Kier alpha value is -3.84. The fourth-order valence-corrected chi connectivity index (χ4v) is 3.23. The van der Waals surface area contributed by atoms with Crippen LogP contribution in [0.4, 0.5) is 5.69 Å². The lowest BCUT2D eigenvalue weighted by Crippen LogP contribution is -2.21. The Morgan fingerprint density at radius 3 is 2.33 bits per heavy atom. The van der Waals surface area contributed by atoms with Crippen molar-refractivity contribution in [1.82, 2.24) is 5.43 Å². The molecule has 7 nitrogen and oxygen atoms in total. The number of benzene rings is 3. The van der Waals surface area contributed by atoms with Crippen molar-refractivity contribution in [1.29, 1.82) is 0 Å². The SMILES string of the molecule is COc1ccc(C(=O)Nc2ccc(Cl)cc2C(=O)NN=Cc2ccc(C)c(C)c2)cc1OC. The molecule has 0 aliphatic carbocycles. The number of methoxy groups -OCH3 is 2. The molecule has 0 aliphatic rings. The number of hydrogen-bond acceptors (Lipinski definition) is 5. The number of amides is 2. The van der Waals surface area contributed by atoms with Gasteiger partial charge in [0.05, 0.1) is 31.7 Å². The molecule has 0 radical (unpaired) electrons. The molecular formula is C25H24ClN3O4. The molecule has 0 saturated heterocycles. The number of carbonyl (C=O) groups is 2. The van der Waals surface area contributed by atoms with E-state index in [2.05, 4.69) is 15.8 Å². The number of nitrogens with one attached hydrogen (secondary N) is 2. The van der Waals surface area contributed by atoms with E-state index < -0.39 is 11.8 Å². The number of nitrogens with zero attached hydrogens (tertiary/aromatic N) is 1. The third kappa shape index (κ3) is 5.90. The van der Waals surface area contributed by atoms with Crippen LogP contribution in [0, 0.1) is 13.8 Å². The molecule has 0 fully saturated rings. The van der Waals surface area contributed by atoms with Gasteiger partial charge in [0.2, 0.25) is 0 Å². The molecule has 33 heavy (non-hydrogen) atoms. The van der Waals surface area contributed by atoms with Gasteiger partial charge in [-0.3, -0.25) is 9.59 Å². The van der Waals surface area contributed by atoms with Crippen molar-refractivity contribution in [3.8, 4) is 11.5 Å². The van der Waals surface area contributed by atoms with Crippen molar-refractivity contribution in [3.63, 3.8) is 0 Å². The summed E-state index contributed by atoms with van der Waals surface area (Å²) < 4.78 is 10.4. The first kappa shape index (κ1) is 23.8. The zero-order chi connectivity index (χ0) is 24.0. The fraction of sp³-hybridized carbons (Fsp3) is 0.160. The zero-order valence-electron chi connectivity index (χ0n) is 18.7. The van der Waals surface area contributed by atoms with Crippen molar-refractivity contribution < 1.29 is 19.1 Å². The Kier molecular flexibility index (Phi) is 7.69. The number of halogens is 1. The molecular weight excluding hydrogens is 442 g/mol. The van der Waals surface area contributed by atoms with Gasteiger partial charge in [-0.05, 0) is 66.9 Å². The van der Waals surface area contributed by atoms with Gasteiger partial charge in [0.15, 0.2) is 11.5 Å². The summed E-state index contributed by atoms with van der Waals surface area (Å²) in [5.41, 5.74) is 6.43. The molecule has 3 aromatic rings. The largest absolute Gasteiger partial charge is 0.493 e. The first-order valence-electron chi connectivity index (χ1n) is 10.1. The standard InChI is InChI=1S/C25H24ClN3O4/c1-15-5-6-17(11-16(15)2)14-27-29-25(31)20-13-19(26)8-9-21(20)28-24(30)18-7-10-22(32-3)23(12-18)33-4/h5-14H,1-4H3,(H,28,30)(H,29,31). The van der Waals surface area contributed by atoms with Gasteiger partial charge in [0.1, 0.15) is 0 Å². The monoisotopic (exact) mass is 465 g/mol. The molecule has 0 atom stereocenters. The Morgan fingerprint density at radius 2 is 1.64 bits per heavy atom. The van der Waals surface area contributed by atoms with Crippen LogP contribution >= 0.6 is 11.6 Å². The van der Waals surface area contributed by atoms with E-state index in [0.29, 0.717) is 22.1 Å². The summed E-state index contributed by atoms with van der Waals surface area (Å²) in [7, 11) is 3.00. The zero-order valence-corrected chi connectivity index (χ0v) is 19.5. The molecule has 0 aromatic heterocycles. The van der Waals surface area contributed by atoms with Crippen molar-refractivity contribution in [2.45, 2.75) is 13.8 Å². The Labute approximate surface area is 197 Å². The van der Waals surface area contributed by atoms with E-state index in [4.69, 9.17) is 21.1 Å². The highest BCUT2D eigenvalue weighted by atomic mass is 35.5. The van der Waals surface area contributed by atoms with Crippen LogP contribution in [-0.2, 0) is 0 Å². The maximum Gasteiger partial charge on any atom is 0.273 e. The van der Waals surface area contributed by atoms with Crippen LogP contribution in [0.1, 0.15) is 37.4 Å². The number of carbonyl (C=O) groups excluding carboxylic acids is 2. The lowest BCUT2D eigenvalue weighted by molar-refractivity contribution is 0.0956. The first-order valence-corrected chi connectivity index (χ1v) is 10.4. The molecule has 170 valence electrons. The summed E-state index contributed by atoms with van der Waals surface area (Å²) >= 11 is 6.09. The van der Waals surface area contributed by atoms with E-state index in [9.17, 15) is 9.59 Å². The van der Waals surface area contributed by atoms with Gasteiger partial charge in [-0.2, -0.15) is 5.10 Å². The first-order chi connectivity index (χ1) is 15.8. The van der Waals surface area contributed by atoms with Crippen LogP contribution in [-0.4, -0.2) is 32.2 Å². The van der Waals surface area contributed by atoms with Crippen LogP contribution in [0.2, 0.25) is 5.02 Å². The van der Waals surface area contributed by atoms with Crippen LogP contribution in [0.15, 0.2) is 59.7 Å². The van der Waals surface area contributed by atoms with Crippen LogP contribution in [0.3, 0.4) is 0 Å². The molecule has 3 rings (SSSR count). The highest BCUT2D eigenvalue weighted by Gasteiger charge is 2.16. The highest BCUT2D eigenvalue weighted by molar-refractivity contribution is 6.31. The van der Waals surface area contributed by atoms with Crippen molar-refractivity contribution in [3.05, 3.63) is 87.4 Å². The van der Waals surface area contributed by atoms with E-state index in [0.717, 1.165) is 11.1 Å². The van der Waals surface area contributed by atoms with Crippen LogP contribution in [0.5, 0.6) is 11.5 Å². The van der Waals surface area contributed by atoms with Gasteiger partial charge in [-0.15, -0.1) is 0 Å². The number of anilines is 1. The number of rotatable bonds is 7. The van der Waals surface area contributed by atoms with Crippen molar-refractivity contribution in [2.75, 3.05) is 19.5 Å². The van der Waals surface area contributed by atoms with Crippen molar-refractivity contribution in [2.24, 2.45) is 5.10 Å². The second-order valence-corrected chi connectivity index (χ2v) is 7.69. The second kappa shape index (κ2) is 10.7. The molecule has 2 amide bonds. The Balaban J connectivity index is 1.78. The van der Waals surface area contributed by atoms with E-state index in [1.54, 1.807) is 36.5 Å². The fourth-order valence-electron chi connectivity index (χ4n) is 3.06. The summed E-state index contributed by atoms with van der Waals surface area (Å²) in [6.07, 6.45) is 1.55. The van der Waals surface area contributed by atoms with Gasteiger partial charge < -0.3 is 14.8 Å². The van der Waals surface area contributed by atoms with Crippen molar-refractivity contribution >= 4 is 35.3 Å². The molecule has 0 heterocycles. The highest BCUT2D eigenvalue weighted by Crippen LogP contribution is 2.28. The molecule has 0 spiro atoms. The minimum absolute atomic E-state index is 0.175. The van der Waals surface area contributed by atoms with Gasteiger partial charge in [0.25, 0.3) is 11.8 Å². The predicted molar refractivity (Wildman–Crippen MR) is 130 cm³/mol. The lowest BCUT2D eigenvalue weighted by Gasteiger charge is -2.12. The summed E-state index contributed by atoms with van der Waals surface area (Å²) in [6, 6.07) is 15.3. The lowest BCUT2D eigenvalue weighted by atomic mass is 10.1. The predicted octanol–water partition coefficient (Wildman–Crippen LogP) is 4.99. The molecule has 0 aliphatic heterocycles. The average Bonchev–Trinajstić information content (AvgIpc) is 2.81. The summed E-state index contributed by atoms with van der Waals surface area (Å²) in [5.74, 6) is -0.0201. The van der Waals surface area contributed by atoms with E-state index in [1.165, 1.54) is 25.8 Å². The second-order valence-electron chi connectivity index (χ2n) is 7.26. The van der Waals surface area contributed by atoms with Gasteiger partial charge in [0, 0.05) is 10.6 Å². The Bertz CT molecular complexity index is 1220. The third-order valence-corrected chi connectivity index (χ3v) is 5.27. The normalized spacial score (nSPS) is 10.7. The van der Waals surface area contributed by atoms with E-state index in [-0.39, 0.29) is 11.3 Å². The van der Waals surface area contributed by atoms with Gasteiger partial charge in [-0.25, -0.2) is 5.43 Å². The molecule has 0 bridgehead atoms. The maximum atomic E-state index is 12.8. The number of ether oxygens (including phenoxy) is 2. The minimum atomic E-state index is -0.514. The number of hydrogen-bond donors (Lipinski definition) is 2. The summed E-state index contributed by atoms with van der Waals surface area (Å²) in [4.78, 5) is 25.6. The van der Waals surface area contributed by atoms with Gasteiger partial charge >= 0.3 is 0 Å². The molecule has 0 saturated carbocycles. The molecule has 3 aromatic carbocycles. The van der Waals surface area contributed by atoms with Gasteiger partial charge in [-0.1, -0.05) is 29.8 Å². The quantitative estimate of drug-likeness (QED) is 0.380. The number of hydrazone groups is 1. The van der Waals surface area contributed by atoms with E-state index in [1.807, 2.05) is 32.0 Å². The Morgan fingerprint density at radius 1 is 0.879 bits per heavy atom. The average molecular weight is 466 g/mol. The summed E-state index contributed by atoms with van der Waals surface area (Å²) in [6.45, 7) is 4.03. The number of aryl methyl sites for hydroxylation is 2. The molecule has 8 heteroatoms. The summed E-state index contributed by atoms with van der Waals surface area (Å²) in [5, 5.41) is 7.12. The van der Waals surface area contributed by atoms with E-state index >= 15 is 0 Å².